The van der Waals surface area contributed by atoms with Gasteiger partial charge >= 0.3 is 0 Å². The number of benzene rings is 2. The van der Waals surface area contributed by atoms with Crippen LogP contribution in [-0.2, 0) is 0 Å². The van der Waals surface area contributed by atoms with Gasteiger partial charge in [0.25, 0.3) is 5.91 Å². The Hall–Kier alpha value is -2.63. The van der Waals surface area contributed by atoms with Crippen LogP contribution in [0.2, 0.25) is 0 Å². The zero-order valence-electron chi connectivity index (χ0n) is 11.7. The van der Waals surface area contributed by atoms with E-state index in [1.165, 1.54) is 0 Å². The Labute approximate surface area is 121 Å². The van der Waals surface area contributed by atoms with Gasteiger partial charge in [-0.25, -0.2) is 8.78 Å². The minimum atomic E-state index is -1.06. The quantitative estimate of drug-likeness (QED) is 0.855. The first kappa shape index (κ1) is 14.8. The molecule has 0 spiro atoms. The average Bonchev–Trinajstić information content (AvgIpc) is 2.43. The number of hydrogen-bond donors (Lipinski definition) is 2. The molecular weight excluding hydrogens is 276 g/mol. The van der Waals surface area contributed by atoms with Crippen LogP contribution in [0.25, 0.3) is 0 Å². The van der Waals surface area contributed by atoms with Gasteiger partial charge < -0.3 is 16.0 Å². The fourth-order valence-electron chi connectivity index (χ4n) is 1.83. The molecule has 0 fully saturated rings. The van der Waals surface area contributed by atoms with Crippen LogP contribution in [0.15, 0.2) is 36.4 Å². The Morgan fingerprint density at radius 2 is 1.90 bits per heavy atom. The van der Waals surface area contributed by atoms with Crippen molar-refractivity contribution in [2.24, 2.45) is 0 Å². The molecule has 1 amide bonds. The lowest BCUT2D eigenvalue weighted by molar-refractivity contribution is 0.101. The van der Waals surface area contributed by atoms with Crippen LogP contribution in [0.5, 0.6) is 0 Å². The SMILES string of the molecule is CN(C)c1cccc(NC(=O)c2c(F)ccc(N)c2F)c1. The van der Waals surface area contributed by atoms with Gasteiger partial charge in [0.05, 0.1) is 5.69 Å². The fraction of sp³-hybridized carbons (Fsp3) is 0.133. The Balaban J connectivity index is 2.31. The molecule has 0 aromatic heterocycles. The summed E-state index contributed by atoms with van der Waals surface area (Å²) >= 11 is 0. The van der Waals surface area contributed by atoms with Crippen LogP contribution >= 0.6 is 0 Å². The van der Waals surface area contributed by atoms with Crippen molar-refractivity contribution in [1.29, 1.82) is 0 Å². The molecule has 0 bridgehead atoms. The van der Waals surface area contributed by atoms with Crippen LogP contribution in [-0.4, -0.2) is 20.0 Å². The summed E-state index contributed by atoms with van der Waals surface area (Å²) < 4.78 is 27.4. The van der Waals surface area contributed by atoms with Crippen LogP contribution in [0.3, 0.4) is 0 Å². The van der Waals surface area contributed by atoms with Crippen molar-refractivity contribution >= 4 is 23.0 Å². The highest BCUT2D eigenvalue weighted by atomic mass is 19.1. The van der Waals surface area contributed by atoms with Crippen molar-refractivity contribution in [1.82, 2.24) is 0 Å². The van der Waals surface area contributed by atoms with Crippen molar-refractivity contribution < 1.29 is 13.6 Å². The summed E-state index contributed by atoms with van der Waals surface area (Å²) in [4.78, 5) is 13.9. The maximum Gasteiger partial charge on any atom is 0.261 e. The smallest absolute Gasteiger partial charge is 0.261 e. The van der Waals surface area contributed by atoms with Gasteiger partial charge in [-0.15, -0.1) is 0 Å². The molecule has 6 heteroatoms. The van der Waals surface area contributed by atoms with Gasteiger partial charge in [-0.2, -0.15) is 0 Å². The third kappa shape index (κ3) is 3.10. The lowest BCUT2D eigenvalue weighted by Gasteiger charge is -2.14. The first-order valence-electron chi connectivity index (χ1n) is 6.22. The van der Waals surface area contributed by atoms with Crippen LogP contribution in [0.4, 0.5) is 25.8 Å². The molecule has 0 radical (unpaired) electrons. The number of rotatable bonds is 3. The number of amides is 1. The molecule has 3 N–H and O–H groups in total. The van der Waals surface area contributed by atoms with E-state index in [2.05, 4.69) is 5.32 Å². The number of halogens is 2. The molecule has 2 aromatic rings. The standard InChI is InChI=1S/C15H15F2N3O/c1-20(2)10-5-3-4-9(8-10)19-15(21)13-11(16)6-7-12(18)14(13)17/h3-8H,18H2,1-2H3,(H,19,21). The van der Waals surface area contributed by atoms with Gasteiger partial charge in [0, 0.05) is 25.5 Å². The number of nitrogen functional groups attached to an aromatic ring is 1. The third-order valence-electron chi connectivity index (χ3n) is 2.97. The van der Waals surface area contributed by atoms with Crippen molar-refractivity contribution in [2.45, 2.75) is 0 Å². The molecule has 0 aliphatic rings. The Bertz CT molecular complexity index is 687. The summed E-state index contributed by atoms with van der Waals surface area (Å²) in [5, 5.41) is 2.46. The van der Waals surface area contributed by atoms with E-state index in [0.29, 0.717) is 5.69 Å². The van der Waals surface area contributed by atoms with E-state index >= 15 is 0 Å². The van der Waals surface area contributed by atoms with E-state index in [4.69, 9.17) is 5.73 Å². The largest absolute Gasteiger partial charge is 0.396 e. The van der Waals surface area contributed by atoms with E-state index in [1.807, 2.05) is 25.1 Å². The highest BCUT2D eigenvalue weighted by molar-refractivity contribution is 6.05. The van der Waals surface area contributed by atoms with Crippen molar-refractivity contribution in [2.75, 3.05) is 30.0 Å². The first-order chi connectivity index (χ1) is 9.90. The predicted molar refractivity (Wildman–Crippen MR) is 79.5 cm³/mol. The Kier molecular flexibility index (Phi) is 4.07. The second-order valence-electron chi connectivity index (χ2n) is 4.72. The average molecular weight is 291 g/mol. The van der Waals surface area contributed by atoms with Crippen molar-refractivity contribution in [3.8, 4) is 0 Å². The van der Waals surface area contributed by atoms with E-state index in [0.717, 1.165) is 17.8 Å². The molecule has 2 aromatic carbocycles. The molecule has 0 aliphatic carbocycles. The topological polar surface area (TPSA) is 58.4 Å². The summed E-state index contributed by atoms with van der Waals surface area (Å²) in [6.45, 7) is 0. The Morgan fingerprint density at radius 3 is 2.57 bits per heavy atom. The monoisotopic (exact) mass is 291 g/mol. The number of carbonyl (C=O) groups excluding carboxylic acids is 1. The predicted octanol–water partition coefficient (Wildman–Crippen LogP) is 2.87. The van der Waals surface area contributed by atoms with Crippen molar-refractivity contribution in [3.63, 3.8) is 0 Å². The summed E-state index contributed by atoms with van der Waals surface area (Å²) in [7, 11) is 3.69. The molecule has 21 heavy (non-hydrogen) atoms. The normalized spacial score (nSPS) is 10.3. The molecule has 110 valence electrons. The van der Waals surface area contributed by atoms with Gasteiger partial charge in [0.2, 0.25) is 0 Å². The molecule has 0 unspecified atom stereocenters. The van der Waals surface area contributed by atoms with Gasteiger partial charge in [0.1, 0.15) is 11.4 Å². The number of hydrogen-bond acceptors (Lipinski definition) is 3. The van der Waals surface area contributed by atoms with Crippen molar-refractivity contribution in [3.05, 3.63) is 53.6 Å². The molecular formula is C15H15F2N3O. The molecule has 2 rings (SSSR count). The van der Waals surface area contributed by atoms with E-state index in [9.17, 15) is 13.6 Å². The maximum atomic E-state index is 13.8. The number of carbonyl (C=O) groups is 1. The summed E-state index contributed by atoms with van der Waals surface area (Å²) in [5.74, 6) is -2.90. The molecule has 0 heterocycles. The minimum absolute atomic E-state index is 0.274. The van der Waals surface area contributed by atoms with E-state index < -0.39 is 23.1 Å². The second-order valence-corrected chi connectivity index (χ2v) is 4.72. The van der Waals surface area contributed by atoms with Gasteiger partial charge in [-0.3, -0.25) is 4.79 Å². The van der Waals surface area contributed by atoms with E-state index in [-0.39, 0.29) is 5.69 Å². The molecule has 0 saturated carbocycles. The van der Waals surface area contributed by atoms with Crippen LogP contribution in [0, 0.1) is 11.6 Å². The lowest BCUT2D eigenvalue weighted by atomic mass is 10.1. The number of nitrogens with one attached hydrogen (secondary N) is 1. The Morgan fingerprint density at radius 1 is 1.19 bits per heavy atom. The number of nitrogens with zero attached hydrogens (tertiary/aromatic N) is 1. The molecule has 0 aliphatic heterocycles. The second kappa shape index (κ2) is 5.78. The fourth-order valence-corrected chi connectivity index (χ4v) is 1.83. The summed E-state index contributed by atoms with van der Waals surface area (Å²) in [6, 6.07) is 8.94. The molecule has 0 saturated heterocycles. The highest BCUT2D eigenvalue weighted by Crippen LogP contribution is 2.22. The van der Waals surface area contributed by atoms with Crippen LogP contribution in [0.1, 0.15) is 10.4 Å². The third-order valence-corrected chi connectivity index (χ3v) is 2.97. The maximum absolute atomic E-state index is 13.8. The van der Waals surface area contributed by atoms with Gasteiger partial charge in [-0.1, -0.05) is 6.07 Å². The van der Waals surface area contributed by atoms with E-state index in [1.54, 1.807) is 18.2 Å². The van der Waals surface area contributed by atoms with Gasteiger partial charge in [-0.05, 0) is 30.3 Å². The summed E-state index contributed by atoms with van der Waals surface area (Å²) in [6.07, 6.45) is 0. The highest BCUT2D eigenvalue weighted by Gasteiger charge is 2.19. The molecule has 4 nitrogen and oxygen atoms in total. The minimum Gasteiger partial charge on any atom is -0.396 e. The number of nitrogens with two attached hydrogens (primary N) is 1. The summed E-state index contributed by atoms with van der Waals surface area (Å²) in [5.41, 5.74) is 5.68. The van der Waals surface area contributed by atoms with Crippen LogP contribution < -0.4 is 16.0 Å². The number of anilines is 3. The lowest BCUT2D eigenvalue weighted by Crippen LogP contribution is -2.17. The zero-order chi connectivity index (χ0) is 15.6. The van der Waals surface area contributed by atoms with Gasteiger partial charge in [0.15, 0.2) is 5.82 Å². The zero-order valence-corrected chi connectivity index (χ0v) is 11.7. The molecule has 0 atom stereocenters. The first-order valence-corrected chi connectivity index (χ1v) is 6.22.